The van der Waals surface area contributed by atoms with Crippen molar-refractivity contribution in [2.24, 2.45) is 0 Å². The van der Waals surface area contributed by atoms with Crippen molar-refractivity contribution in [1.82, 2.24) is 0 Å². The molecule has 3 nitrogen and oxygen atoms in total. The number of Topliss-reactive ketones (excluding diaryl/α,β-unsaturated/α-hetero) is 1. The summed E-state index contributed by atoms with van der Waals surface area (Å²) in [6.45, 7) is 1.58. The van der Waals surface area contributed by atoms with Crippen molar-refractivity contribution in [3.63, 3.8) is 0 Å². The Hall–Kier alpha value is -1.78. The molecule has 2 rings (SSSR count). The van der Waals surface area contributed by atoms with Gasteiger partial charge in [-0.15, -0.1) is 11.8 Å². The fraction of sp³-hybridized carbons (Fsp3) is 0.278. The predicted molar refractivity (Wildman–Crippen MR) is 89.4 cm³/mol. The molecule has 0 aliphatic carbocycles. The third-order valence-corrected chi connectivity index (χ3v) is 4.37. The topological polar surface area (TPSA) is 46.5 Å². The van der Waals surface area contributed by atoms with E-state index in [1.807, 2.05) is 60.7 Å². The molecule has 1 unspecified atom stereocenters. The van der Waals surface area contributed by atoms with Gasteiger partial charge in [-0.2, -0.15) is 0 Å². The Morgan fingerprint density at radius 3 is 2.27 bits per heavy atom. The summed E-state index contributed by atoms with van der Waals surface area (Å²) in [5.41, 5.74) is -1.18. The van der Waals surface area contributed by atoms with E-state index >= 15 is 0 Å². The highest BCUT2D eigenvalue weighted by atomic mass is 32.2. The highest BCUT2D eigenvalue weighted by molar-refractivity contribution is 7.99. The SMILES string of the molecule is CC(=O)CC(O)(COc1ccccc1)CSc1ccccc1. The molecule has 0 aliphatic heterocycles. The first-order valence-electron chi connectivity index (χ1n) is 7.15. The number of carbonyl (C=O) groups is 1. The van der Waals surface area contributed by atoms with Crippen LogP contribution >= 0.6 is 11.8 Å². The van der Waals surface area contributed by atoms with Gasteiger partial charge in [0.05, 0.1) is 0 Å². The van der Waals surface area contributed by atoms with Crippen LogP contribution < -0.4 is 4.74 Å². The monoisotopic (exact) mass is 316 g/mol. The summed E-state index contributed by atoms with van der Waals surface area (Å²) in [7, 11) is 0. The van der Waals surface area contributed by atoms with Crippen LogP contribution in [0.15, 0.2) is 65.6 Å². The summed E-state index contributed by atoms with van der Waals surface area (Å²) in [5, 5.41) is 10.7. The zero-order valence-electron chi connectivity index (χ0n) is 12.6. The molecule has 0 aromatic heterocycles. The van der Waals surface area contributed by atoms with Crippen LogP contribution in [-0.4, -0.2) is 28.9 Å². The lowest BCUT2D eigenvalue weighted by atomic mass is 10.0. The molecule has 0 radical (unpaired) electrons. The number of hydrogen-bond donors (Lipinski definition) is 1. The predicted octanol–water partition coefficient (Wildman–Crippen LogP) is 3.57. The molecule has 1 N–H and O–H groups in total. The van der Waals surface area contributed by atoms with Crippen LogP contribution in [0, 0.1) is 0 Å². The van der Waals surface area contributed by atoms with Gasteiger partial charge in [0.15, 0.2) is 0 Å². The molecule has 0 bridgehead atoms. The average Bonchev–Trinajstić information content (AvgIpc) is 2.53. The van der Waals surface area contributed by atoms with E-state index in [9.17, 15) is 9.90 Å². The minimum Gasteiger partial charge on any atom is -0.491 e. The van der Waals surface area contributed by atoms with Gasteiger partial charge in [-0.1, -0.05) is 36.4 Å². The lowest BCUT2D eigenvalue weighted by Crippen LogP contribution is -2.40. The normalized spacial score (nSPS) is 13.4. The van der Waals surface area contributed by atoms with Gasteiger partial charge in [0, 0.05) is 17.1 Å². The van der Waals surface area contributed by atoms with E-state index in [0.717, 1.165) is 4.90 Å². The fourth-order valence-electron chi connectivity index (χ4n) is 2.08. The number of para-hydroxylation sites is 1. The van der Waals surface area contributed by atoms with E-state index < -0.39 is 5.60 Å². The van der Waals surface area contributed by atoms with E-state index in [-0.39, 0.29) is 18.8 Å². The second kappa shape index (κ2) is 8.01. The van der Waals surface area contributed by atoms with Gasteiger partial charge >= 0.3 is 0 Å². The fourth-order valence-corrected chi connectivity index (χ4v) is 3.05. The maximum Gasteiger partial charge on any atom is 0.132 e. The first kappa shape index (κ1) is 16.6. The summed E-state index contributed by atoms with van der Waals surface area (Å²) in [4.78, 5) is 12.5. The Labute approximate surface area is 135 Å². The van der Waals surface area contributed by atoms with Gasteiger partial charge in [-0.05, 0) is 31.2 Å². The lowest BCUT2D eigenvalue weighted by molar-refractivity contribution is -0.122. The van der Waals surface area contributed by atoms with Gasteiger partial charge in [0.1, 0.15) is 23.7 Å². The molecule has 0 fully saturated rings. The number of ether oxygens (including phenoxy) is 1. The highest BCUT2D eigenvalue weighted by Gasteiger charge is 2.30. The molecule has 0 heterocycles. The van der Waals surface area contributed by atoms with Crippen molar-refractivity contribution in [2.45, 2.75) is 23.8 Å². The smallest absolute Gasteiger partial charge is 0.132 e. The Bertz CT molecular complexity index is 540. The number of benzene rings is 2. The third kappa shape index (κ3) is 5.54. The van der Waals surface area contributed by atoms with Crippen LogP contribution in [0.1, 0.15) is 13.3 Å². The van der Waals surface area contributed by atoms with Gasteiger partial charge in [0.2, 0.25) is 0 Å². The van der Waals surface area contributed by atoms with Crippen LogP contribution in [0.5, 0.6) is 5.75 Å². The number of aliphatic hydroxyl groups is 1. The number of carbonyl (C=O) groups excluding carboxylic acids is 1. The zero-order valence-corrected chi connectivity index (χ0v) is 13.4. The molecule has 0 amide bonds. The standard InChI is InChI=1S/C18H20O3S/c1-15(19)12-18(20,13-21-16-8-4-2-5-9-16)14-22-17-10-6-3-7-11-17/h2-11,20H,12-14H2,1H3. The molecular formula is C18H20O3S. The van der Waals surface area contributed by atoms with E-state index in [1.165, 1.54) is 18.7 Å². The molecule has 0 saturated heterocycles. The third-order valence-electron chi connectivity index (χ3n) is 3.08. The summed E-state index contributed by atoms with van der Waals surface area (Å²) in [5.74, 6) is 1.05. The van der Waals surface area contributed by atoms with Crippen molar-refractivity contribution < 1.29 is 14.6 Å². The van der Waals surface area contributed by atoms with E-state index in [2.05, 4.69) is 0 Å². The van der Waals surface area contributed by atoms with Gasteiger partial charge in [-0.25, -0.2) is 0 Å². The average molecular weight is 316 g/mol. The number of thioether (sulfide) groups is 1. The molecule has 4 heteroatoms. The van der Waals surface area contributed by atoms with Crippen LogP contribution in [0.2, 0.25) is 0 Å². The molecule has 0 saturated carbocycles. The molecule has 0 spiro atoms. The molecule has 2 aromatic rings. The maximum absolute atomic E-state index is 11.5. The maximum atomic E-state index is 11.5. The van der Waals surface area contributed by atoms with Crippen molar-refractivity contribution in [2.75, 3.05) is 12.4 Å². The second-order valence-electron chi connectivity index (χ2n) is 5.31. The van der Waals surface area contributed by atoms with Crippen LogP contribution in [0.25, 0.3) is 0 Å². The summed E-state index contributed by atoms with van der Waals surface area (Å²) >= 11 is 1.52. The van der Waals surface area contributed by atoms with Crippen molar-refractivity contribution in [3.8, 4) is 5.75 Å². The van der Waals surface area contributed by atoms with E-state index in [1.54, 1.807) is 0 Å². The first-order valence-corrected chi connectivity index (χ1v) is 8.13. The highest BCUT2D eigenvalue weighted by Crippen LogP contribution is 2.26. The number of hydrogen-bond acceptors (Lipinski definition) is 4. The Morgan fingerprint density at radius 1 is 1.09 bits per heavy atom. The first-order chi connectivity index (χ1) is 10.6. The number of rotatable bonds is 8. The second-order valence-corrected chi connectivity index (χ2v) is 6.36. The summed E-state index contributed by atoms with van der Waals surface area (Å²) in [6, 6.07) is 19.1. The minimum atomic E-state index is -1.18. The molecule has 1 atom stereocenters. The largest absolute Gasteiger partial charge is 0.491 e. The Kier molecular flexibility index (Phi) is 6.04. The quantitative estimate of drug-likeness (QED) is 0.756. The van der Waals surface area contributed by atoms with Gasteiger partial charge < -0.3 is 9.84 Å². The van der Waals surface area contributed by atoms with Crippen LogP contribution in [0.4, 0.5) is 0 Å². The van der Waals surface area contributed by atoms with E-state index in [0.29, 0.717) is 11.5 Å². The van der Waals surface area contributed by atoms with Crippen LogP contribution in [0.3, 0.4) is 0 Å². The van der Waals surface area contributed by atoms with Gasteiger partial charge in [0.25, 0.3) is 0 Å². The summed E-state index contributed by atoms with van der Waals surface area (Å²) < 4.78 is 5.64. The molecule has 2 aromatic carbocycles. The van der Waals surface area contributed by atoms with Crippen molar-refractivity contribution >= 4 is 17.5 Å². The zero-order chi connectivity index (χ0) is 15.8. The molecule has 22 heavy (non-hydrogen) atoms. The minimum absolute atomic E-state index is 0.0483. The Morgan fingerprint density at radius 2 is 1.68 bits per heavy atom. The molecule has 116 valence electrons. The summed E-state index contributed by atoms with van der Waals surface area (Å²) in [6.07, 6.45) is 0.0830. The number of ketones is 1. The molecule has 0 aliphatic rings. The van der Waals surface area contributed by atoms with Crippen LogP contribution in [-0.2, 0) is 4.79 Å². The van der Waals surface area contributed by atoms with Gasteiger partial charge in [-0.3, -0.25) is 4.79 Å². The molecular weight excluding hydrogens is 296 g/mol. The van der Waals surface area contributed by atoms with Crippen molar-refractivity contribution in [1.29, 1.82) is 0 Å². The van der Waals surface area contributed by atoms with E-state index in [4.69, 9.17) is 4.74 Å². The van der Waals surface area contributed by atoms with Crippen molar-refractivity contribution in [3.05, 3.63) is 60.7 Å². The lowest BCUT2D eigenvalue weighted by Gasteiger charge is -2.27. The Balaban J connectivity index is 1.98.